The molecular weight excluding hydrogens is 273 g/mol. The fraction of sp³-hybridized carbons (Fsp3) is 0.167. The summed E-state index contributed by atoms with van der Waals surface area (Å²) in [7, 11) is 0. The van der Waals surface area contributed by atoms with Crippen LogP contribution >= 0.6 is 23.2 Å². The molecule has 0 aliphatic rings. The molecule has 0 amide bonds. The van der Waals surface area contributed by atoms with Crippen LogP contribution in [0.3, 0.4) is 0 Å². The minimum Gasteiger partial charge on any atom is -0.399 e. The smallest absolute Gasteiger partial charge is 0.287 e. The van der Waals surface area contributed by atoms with E-state index < -0.39 is 5.56 Å². The quantitative estimate of drug-likeness (QED) is 0.862. The van der Waals surface area contributed by atoms with E-state index >= 15 is 0 Å². The van der Waals surface area contributed by atoms with E-state index in [2.05, 4.69) is 5.10 Å². The van der Waals surface area contributed by atoms with E-state index in [-0.39, 0.29) is 10.0 Å². The number of nitrogens with two attached hydrogens (primary N) is 1. The van der Waals surface area contributed by atoms with Gasteiger partial charge in [-0.2, -0.15) is 5.10 Å². The Morgan fingerprint density at radius 3 is 2.83 bits per heavy atom. The van der Waals surface area contributed by atoms with Gasteiger partial charge in [-0.05, 0) is 24.1 Å². The molecule has 6 heteroatoms. The molecule has 94 valence electrons. The number of anilines is 1. The fourth-order valence-electron chi connectivity index (χ4n) is 1.59. The van der Waals surface area contributed by atoms with Crippen molar-refractivity contribution in [2.45, 2.75) is 13.5 Å². The number of nitrogen functional groups attached to an aromatic ring is 1. The highest BCUT2D eigenvalue weighted by atomic mass is 35.5. The second-order valence-electron chi connectivity index (χ2n) is 3.90. The molecule has 0 aliphatic heterocycles. The number of halogens is 2. The predicted octanol–water partition coefficient (Wildman–Crippen LogP) is 2.49. The Kier molecular flexibility index (Phi) is 3.59. The van der Waals surface area contributed by atoms with Crippen molar-refractivity contribution in [2.75, 3.05) is 5.73 Å². The van der Waals surface area contributed by atoms with Crippen LogP contribution in [0.25, 0.3) is 0 Å². The van der Waals surface area contributed by atoms with Crippen molar-refractivity contribution in [1.82, 2.24) is 9.78 Å². The molecule has 0 unspecified atom stereocenters. The summed E-state index contributed by atoms with van der Waals surface area (Å²) in [5, 5.41) is 4.09. The Labute approximate surface area is 114 Å². The van der Waals surface area contributed by atoms with E-state index in [1.54, 1.807) is 0 Å². The maximum Gasteiger partial charge on any atom is 0.287 e. The van der Waals surface area contributed by atoms with Gasteiger partial charge in [0.05, 0.1) is 17.8 Å². The van der Waals surface area contributed by atoms with Gasteiger partial charge in [-0.3, -0.25) is 4.79 Å². The van der Waals surface area contributed by atoms with Gasteiger partial charge in [0.2, 0.25) is 0 Å². The van der Waals surface area contributed by atoms with Crippen LogP contribution in [0.5, 0.6) is 0 Å². The molecule has 18 heavy (non-hydrogen) atoms. The Morgan fingerprint density at radius 2 is 2.11 bits per heavy atom. The molecule has 0 aliphatic carbocycles. The summed E-state index contributed by atoms with van der Waals surface area (Å²) in [6, 6.07) is 5.53. The van der Waals surface area contributed by atoms with Crippen LogP contribution < -0.4 is 11.3 Å². The van der Waals surface area contributed by atoms with Gasteiger partial charge in [-0.25, -0.2) is 4.68 Å². The average Bonchev–Trinajstić information content (AvgIpc) is 2.35. The number of nitrogens with zero attached hydrogens (tertiary/aromatic N) is 2. The predicted molar refractivity (Wildman–Crippen MR) is 73.2 cm³/mol. The van der Waals surface area contributed by atoms with Crippen molar-refractivity contribution >= 4 is 28.9 Å². The lowest BCUT2D eigenvalue weighted by molar-refractivity contribution is 0.637. The summed E-state index contributed by atoms with van der Waals surface area (Å²) in [5.41, 5.74) is 7.93. The zero-order valence-corrected chi connectivity index (χ0v) is 11.2. The first-order valence-electron chi connectivity index (χ1n) is 5.26. The highest BCUT2D eigenvalue weighted by Crippen LogP contribution is 2.18. The van der Waals surface area contributed by atoms with Gasteiger partial charge >= 0.3 is 0 Å². The van der Waals surface area contributed by atoms with Crippen molar-refractivity contribution in [3.8, 4) is 0 Å². The lowest BCUT2D eigenvalue weighted by atomic mass is 10.1. The first kappa shape index (κ1) is 12.9. The molecule has 0 fully saturated rings. The molecule has 2 aromatic rings. The zero-order valence-electron chi connectivity index (χ0n) is 9.65. The van der Waals surface area contributed by atoms with E-state index in [4.69, 9.17) is 28.9 Å². The molecule has 1 heterocycles. The monoisotopic (exact) mass is 283 g/mol. The molecule has 0 saturated carbocycles. The fourth-order valence-corrected chi connectivity index (χ4v) is 1.86. The molecule has 2 rings (SSSR count). The van der Waals surface area contributed by atoms with E-state index in [0.29, 0.717) is 12.2 Å². The topological polar surface area (TPSA) is 60.9 Å². The van der Waals surface area contributed by atoms with Crippen molar-refractivity contribution in [2.24, 2.45) is 0 Å². The maximum absolute atomic E-state index is 11.8. The molecule has 0 bridgehead atoms. The third kappa shape index (κ3) is 2.35. The van der Waals surface area contributed by atoms with Crippen LogP contribution in [0.4, 0.5) is 5.69 Å². The molecular formula is C12H11Cl2N3O. The third-order valence-corrected chi connectivity index (χ3v) is 3.50. The number of hydrogen-bond donors (Lipinski definition) is 1. The lowest BCUT2D eigenvalue weighted by Crippen LogP contribution is -2.24. The Morgan fingerprint density at radius 1 is 1.39 bits per heavy atom. The van der Waals surface area contributed by atoms with Crippen LogP contribution in [0.1, 0.15) is 11.1 Å². The number of rotatable bonds is 2. The lowest BCUT2D eigenvalue weighted by Gasteiger charge is -2.10. The van der Waals surface area contributed by atoms with Gasteiger partial charge in [-0.15, -0.1) is 0 Å². The van der Waals surface area contributed by atoms with Gasteiger partial charge in [0.15, 0.2) is 0 Å². The summed E-state index contributed by atoms with van der Waals surface area (Å²) >= 11 is 11.5. The third-order valence-electron chi connectivity index (χ3n) is 2.75. The Balaban J connectivity index is 2.44. The highest BCUT2D eigenvalue weighted by molar-refractivity contribution is 6.41. The molecule has 2 N–H and O–H groups in total. The molecule has 4 nitrogen and oxygen atoms in total. The van der Waals surface area contributed by atoms with Crippen molar-refractivity contribution in [3.05, 3.63) is 55.9 Å². The summed E-state index contributed by atoms with van der Waals surface area (Å²) in [4.78, 5) is 11.8. The van der Waals surface area contributed by atoms with E-state index in [1.165, 1.54) is 10.9 Å². The molecule has 0 atom stereocenters. The van der Waals surface area contributed by atoms with Crippen LogP contribution in [0, 0.1) is 6.92 Å². The first-order chi connectivity index (χ1) is 8.50. The molecule has 0 saturated heterocycles. The minimum absolute atomic E-state index is 0.0202. The van der Waals surface area contributed by atoms with E-state index in [9.17, 15) is 4.79 Å². The van der Waals surface area contributed by atoms with Gasteiger partial charge in [0.1, 0.15) is 5.02 Å². The van der Waals surface area contributed by atoms with Crippen LogP contribution in [0.15, 0.2) is 29.2 Å². The highest BCUT2D eigenvalue weighted by Gasteiger charge is 2.09. The van der Waals surface area contributed by atoms with Crippen LogP contribution in [-0.4, -0.2) is 9.78 Å². The van der Waals surface area contributed by atoms with Crippen LogP contribution in [0.2, 0.25) is 10.0 Å². The van der Waals surface area contributed by atoms with Crippen molar-refractivity contribution in [1.29, 1.82) is 0 Å². The van der Waals surface area contributed by atoms with Gasteiger partial charge < -0.3 is 5.73 Å². The first-order valence-corrected chi connectivity index (χ1v) is 6.01. The van der Waals surface area contributed by atoms with Gasteiger partial charge in [-0.1, -0.05) is 35.3 Å². The van der Waals surface area contributed by atoms with E-state index in [1.807, 2.05) is 25.1 Å². The Bertz CT molecular complexity index is 652. The van der Waals surface area contributed by atoms with Crippen molar-refractivity contribution in [3.63, 3.8) is 0 Å². The molecule has 0 radical (unpaired) electrons. The van der Waals surface area contributed by atoms with Crippen molar-refractivity contribution < 1.29 is 0 Å². The standard InChI is InChI=1S/C12H11Cl2N3O/c1-7-8(3-2-4-10(7)15)6-17-12(18)11(14)9(13)5-16-17/h2-5H,6,15H2,1H3. The van der Waals surface area contributed by atoms with Crippen LogP contribution in [-0.2, 0) is 6.54 Å². The number of benzene rings is 1. The Hall–Kier alpha value is -1.52. The molecule has 0 spiro atoms. The summed E-state index contributed by atoms with van der Waals surface area (Å²) in [5.74, 6) is 0. The normalized spacial score (nSPS) is 10.6. The summed E-state index contributed by atoms with van der Waals surface area (Å²) in [6.45, 7) is 2.21. The molecule has 1 aromatic heterocycles. The number of hydrogen-bond acceptors (Lipinski definition) is 3. The molecule has 1 aromatic carbocycles. The summed E-state index contributed by atoms with van der Waals surface area (Å²) in [6.07, 6.45) is 1.35. The zero-order chi connectivity index (χ0) is 13.3. The second-order valence-corrected chi connectivity index (χ2v) is 4.69. The number of aromatic nitrogens is 2. The summed E-state index contributed by atoms with van der Waals surface area (Å²) < 4.78 is 1.26. The minimum atomic E-state index is -0.411. The van der Waals surface area contributed by atoms with Gasteiger partial charge in [0.25, 0.3) is 5.56 Å². The van der Waals surface area contributed by atoms with E-state index in [0.717, 1.165) is 11.1 Å². The second kappa shape index (κ2) is 5.00. The average molecular weight is 284 g/mol. The largest absolute Gasteiger partial charge is 0.399 e. The maximum atomic E-state index is 11.8. The van der Waals surface area contributed by atoms with Gasteiger partial charge in [0, 0.05) is 5.69 Å². The SMILES string of the molecule is Cc1c(N)cccc1Cn1ncc(Cl)c(Cl)c1=O.